The summed E-state index contributed by atoms with van der Waals surface area (Å²) in [5, 5.41) is 7.87. The molecular weight excluding hydrogens is 356 g/mol. The van der Waals surface area contributed by atoms with Crippen LogP contribution in [0.2, 0.25) is 0 Å². The third-order valence-corrected chi connectivity index (χ3v) is 4.31. The van der Waals surface area contributed by atoms with Crippen LogP contribution in [0.1, 0.15) is 10.4 Å². The molecule has 2 aromatic carbocycles. The maximum Gasteiger partial charge on any atom is 0.284 e. The number of hydrogen-bond acceptors (Lipinski definition) is 8. The number of carbonyl (C=O) groups excluding carboxylic acids is 1. The van der Waals surface area contributed by atoms with Crippen LogP contribution in [0, 0.1) is 0 Å². The second-order valence-corrected chi connectivity index (χ2v) is 5.98. The highest BCUT2D eigenvalue weighted by Gasteiger charge is 2.18. The van der Waals surface area contributed by atoms with Crippen molar-refractivity contribution in [1.82, 2.24) is 10.2 Å². The Balaban J connectivity index is 1.78. The minimum atomic E-state index is -0.204. The van der Waals surface area contributed by atoms with E-state index in [2.05, 4.69) is 10.2 Å². The molecule has 1 heterocycles. The molecule has 0 aliphatic rings. The third kappa shape index (κ3) is 3.80. The molecule has 1 aromatic heterocycles. The van der Waals surface area contributed by atoms with E-state index in [4.69, 9.17) is 18.6 Å². The molecule has 0 bridgehead atoms. The highest BCUT2D eigenvalue weighted by atomic mass is 32.2. The first kappa shape index (κ1) is 17.8. The Bertz CT molecular complexity index is 908. The van der Waals surface area contributed by atoms with Gasteiger partial charge in [-0.2, -0.15) is 0 Å². The highest BCUT2D eigenvalue weighted by molar-refractivity contribution is 8.14. The first-order valence-corrected chi connectivity index (χ1v) is 8.38. The van der Waals surface area contributed by atoms with E-state index in [0.29, 0.717) is 28.4 Å². The quantitative estimate of drug-likeness (QED) is 0.606. The number of benzene rings is 2. The molecule has 0 atom stereocenters. The van der Waals surface area contributed by atoms with Crippen LogP contribution in [0.25, 0.3) is 11.5 Å². The molecule has 3 aromatic rings. The van der Waals surface area contributed by atoms with Crippen molar-refractivity contribution in [2.45, 2.75) is 5.22 Å². The summed E-state index contributed by atoms with van der Waals surface area (Å²) in [7, 11) is 4.68. The van der Waals surface area contributed by atoms with Crippen molar-refractivity contribution in [3.63, 3.8) is 0 Å². The molecule has 0 saturated heterocycles. The van der Waals surface area contributed by atoms with Gasteiger partial charge in [0.2, 0.25) is 5.12 Å². The van der Waals surface area contributed by atoms with Gasteiger partial charge >= 0.3 is 0 Å². The summed E-state index contributed by atoms with van der Waals surface area (Å²) in [5.74, 6) is 2.12. The van der Waals surface area contributed by atoms with Gasteiger partial charge in [0.15, 0.2) is 0 Å². The summed E-state index contributed by atoms with van der Waals surface area (Å²) in [5.41, 5.74) is 1.13. The van der Waals surface area contributed by atoms with Crippen molar-refractivity contribution in [3.05, 3.63) is 48.0 Å². The molecule has 0 aliphatic carbocycles. The van der Waals surface area contributed by atoms with Gasteiger partial charge in [0.1, 0.15) is 17.2 Å². The van der Waals surface area contributed by atoms with E-state index in [1.54, 1.807) is 56.7 Å². The molecule has 0 spiro atoms. The van der Waals surface area contributed by atoms with E-state index >= 15 is 0 Å². The minimum absolute atomic E-state index is 0.152. The third-order valence-electron chi connectivity index (χ3n) is 3.55. The summed E-state index contributed by atoms with van der Waals surface area (Å²) in [6, 6.07) is 12.0. The van der Waals surface area contributed by atoms with Crippen LogP contribution in [-0.2, 0) is 0 Å². The second-order valence-electron chi connectivity index (χ2n) is 5.06. The van der Waals surface area contributed by atoms with Crippen molar-refractivity contribution >= 4 is 16.9 Å². The lowest BCUT2D eigenvalue weighted by atomic mass is 10.2. The maximum absolute atomic E-state index is 12.3. The van der Waals surface area contributed by atoms with Gasteiger partial charge in [-0.05, 0) is 36.4 Å². The van der Waals surface area contributed by atoms with Crippen molar-refractivity contribution in [3.8, 4) is 28.7 Å². The Morgan fingerprint density at radius 1 is 0.923 bits per heavy atom. The van der Waals surface area contributed by atoms with Crippen LogP contribution in [0.4, 0.5) is 0 Å². The van der Waals surface area contributed by atoms with E-state index < -0.39 is 0 Å². The fourth-order valence-corrected chi connectivity index (χ4v) is 2.82. The van der Waals surface area contributed by atoms with Crippen LogP contribution in [0.3, 0.4) is 0 Å². The largest absolute Gasteiger partial charge is 0.497 e. The summed E-state index contributed by atoms with van der Waals surface area (Å²) >= 11 is 0.861. The van der Waals surface area contributed by atoms with Crippen LogP contribution >= 0.6 is 11.8 Å². The van der Waals surface area contributed by atoms with Gasteiger partial charge in [-0.1, -0.05) is 0 Å². The van der Waals surface area contributed by atoms with Crippen LogP contribution in [-0.4, -0.2) is 36.6 Å². The van der Waals surface area contributed by atoms with Gasteiger partial charge in [0.05, 0.1) is 26.9 Å². The van der Waals surface area contributed by atoms with Gasteiger partial charge in [0, 0.05) is 23.4 Å². The number of hydrogen-bond donors (Lipinski definition) is 0. The Kier molecular flexibility index (Phi) is 5.43. The maximum atomic E-state index is 12.3. The molecule has 0 aliphatic heterocycles. The Morgan fingerprint density at radius 2 is 1.62 bits per heavy atom. The first-order valence-electron chi connectivity index (χ1n) is 7.56. The number of ether oxygens (including phenoxy) is 3. The fraction of sp³-hybridized carbons (Fsp3) is 0.167. The van der Waals surface area contributed by atoms with E-state index in [0.717, 1.165) is 11.8 Å². The molecule has 3 rings (SSSR count). The average Bonchev–Trinajstić information content (AvgIpc) is 3.15. The predicted octanol–water partition coefficient (Wildman–Crippen LogP) is 3.69. The Morgan fingerprint density at radius 3 is 2.27 bits per heavy atom. The van der Waals surface area contributed by atoms with Crippen molar-refractivity contribution < 1.29 is 23.4 Å². The van der Waals surface area contributed by atoms with Gasteiger partial charge in [0.25, 0.3) is 11.1 Å². The summed E-state index contributed by atoms with van der Waals surface area (Å²) in [6.07, 6.45) is 0. The summed E-state index contributed by atoms with van der Waals surface area (Å²) in [6.45, 7) is 0. The Labute approximate surface area is 154 Å². The Hall–Kier alpha value is -3.00. The van der Waals surface area contributed by atoms with Crippen molar-refractivity contribution in [2.24, 2.45) is 0 Å². The molecule has 0 amide bonds. The topological polar surface area (TPSA) is 83.7 Å². The SMILES string of the molecule is COc1ccc(C(=O)Sc2nnc(-c3ccc(OC)cc3OC)o2)cc1. The molecule has 0 N–H and O–H groups in total. The molecule has 0 radical (unpaired) electrons. The molecule has 7 nitrogen and oxygen atoms in total. The molecular formula is C18H16N2O5S. The number of thioether (sulfide) groups is 1. The normalized spacial score (nSPS) is 10.4. The molecule has 8 heteroatoms. The van der Waals surface area contributed by atoms with E-state index in [9.17, 15) is 4.79 Å². The lowest BCUT2D eigenvalue weighted by molar-refractivity contribution is 0.108. The zero-order chi connectivity index (χ0) is 18.5. The average molecular weight is 372 g/mol. The standard InChI is InChI=1S/C18H16N2O5S/c1-22-12-6-4-11(5-7-12)17(21)26-18-20-19-16(25-18)14-9-8-13(23-2)10-15(14)24-3/h4-10H,1-3H3. The first-order chi connectivity index (χ1) is 12.6. The zero-order valence-electron chi connectivity index (χ0n) is 14.4. The van der Waals surface area contributed by atoms with E-state index in [-0.39, 0.29) is 16.2 Å². The van der Waals surface area contributed by atoms with Crippen LogP contribution in [0.5, 0.6) is 17.2 Å². The van der Waals surface area contributed by atoms with E-state index in [1.165, 1.54) is 7.11 Å². The smallest absolute Gasteiger partial charge is 0.284 e. The fourth-order valence-electron chi connectivity index (χ4n) is 2.20. The lowest BCUT2D eigenvalue weighted by Crippen LogP contribution is -1.93. The molecule has 26 heavy (non-hydrogen) atoms. The number of aromatic nitrogens is 2. The van der Waals surface area contributed by atoms with Gasteiger partial charge in [-0.25, -0.2) is 0 Å². The van der Waals surface area contributed by atoms with Crippen LogP contribution < -0.4 is 14.2 Å². The van der Waals surface area contributed by atoms with Gasteiger partial charge in [-0.3, -0.25) is 4.79 Å². The molecule has 0 fully saturated rings. The zero-order valence-corrected chi connectivity index (χ0v) is 15.2. The number of rotatable bonds is 6. The van der Waals surface area contributed by atoms with Crippen LogP contribution in [0.15, 0.2) is 52.1 Å². The summed E-state index contributed by atoms with van der Waals surface area (Å²) < 4.78 is 21.2. The second kappa shape index (κ2) is 7.92. The predicted molar refractivity (Wildman–Crippen MR) is 96.0 cm³/mol. The number of nitrogens with zero attached hydrogens (tertiary/aromatic N) is 2. The monoisotopic (exact) mass is 372 g/mol. The lowest BCUT2D eigenvalue weighted by Gasteiger charge is -2.07. The van der Waals surface area contributed by atoms with E-state index in [1.807, 2.05) is 0 Å². The van der Waals surface area contributed by atoms with Crippen molar-refractivity contribution in [2.75, 3.05) is 21.3 Å². The number of methoxy groups -OCH3 is 3. The molecule has 134 valence electrons. The van der Waals surface area contributed by atoms with Gasteiger partial charge in [-0.15, -0.1) is 10.2 Å². The molecule has 0 unspecified atom stereocenters. The minimum Gasteiger partial charge on any atom is -0.497 e. The summed E-state index contributed by atoms with van der Waals surface area (Å²) in [4.78, 5) is 12.3. The number of carbonyl (C=O) groups is 1. The molecule has 0 saturated carbocycles. The van der Waals surface area contributed by atoms with Crippen molar-refractivity contribution in [1.29, 1.82) is 0 Å². The highest BCUT2D eigenvalue weighted by Crippen LogP contribution is 2.34. The van der Waals surface area contributed by atoms with Gasteiger partial charge < -0.3 is 18.6 Å².